The maximum absolute atomic E-state index is 12.4. The van der Waals surface area contributed by atoms with Crippen LogP contribution in [0.5, 0.6) is 0 Å². The van der Waals surface area contributed by atoms with Crippen LogP contribution in [0.15, 0.2) is 11.4 Å². The van der Waals surface area contributed by atoms with E-state index in [2.05, 4.69) is 0 Å². The van der Waals surface area contributed by atoms with Gasteiger partial charge in [0.2, 0.25) is 0 Å². The monoisotopic (exact) mass is 276 g/mol. The number of hydrogen-bond acceptors (Lipinski definition) is 3. The zero-order valence-electron chi connectivity index (χ0n) is 7.83. The number of hydrogen-bond donors (Lipinski definition) is 2. The summed E-state index contributed by atoms with van der Waals surface area (Å²) in [6.45, 7) is 0. The molecular weight excluding hydrogens is 271 g/mol. The molecule has 2 N–H and O–H groups in total. The Balaban J connectivity index is 3.44. The van der Waals surface area contributed by atoms with Crippen LogP contribution in [0.25, 0.3) is 0 Å². The van der Waals surface area contributed by atoms with Crippen molar-refractivity contribution in [1.82, 2.24) is 0 Å². The molecule has 0 spiro atoms. The molecule has 0 aliphatic heterocycles. The normalized spacial score (nSPS) is 15.9. The van der Waals surface area contributed by atoms with E-state index < -0.39 is 34.6 Å². The smallest absolute Gasteiger partial charge is 0.428 e. The minimum atomic E-state index is -5.67. The van der Waals surface area contributed by atoms with Gasteiger partial charge in [-0.3, -0.25) is 0 Å². The van der Waals surface area contributed by atoms with E-state index in [1.807, 2.05) is 0 Å². The molecule has 1 heterocycles. The van der Waals surface area contributed by atoms with Crippen LogP contribution < -0.4 is 0 Å². The molecule has 1 atom stereocenters. The lowest BCUT2D eigenvalue weighted by molar-refractivity contribution is -0.304. The van der Waals surface area contributed by atoms with Gasteiger partial charge in [0.1, 0.15) is 0 Å². The number of rotatable bonds is 3. The quantitative estimate of drug-likeness (QED) is 0.834. The highest BCUT2D eigenvalue weighted by Gasteiger charge is 2.63. The van der Waals surface area contributed by atoms with Gasteiger partial charge in [-0.2, -0.15) is 13.2 Å². The van der Waals surface area contributed by atoms with Crippen LogP contribution >= 0.6 is 11.3 Å². The van der Waals surface area contributed by atoms with Gasteiger partial charge in [0.05, 0.1) is 10.4 Å². The third kappa shape index (κ3) is 2.12. The largest absolute Gasteiger partial charge is 0.478 e. The topological polar surface area (TPSA) is 57.5 Å². The molecule has 17 heavy (non-hydrogen) atoms. The van der Waals surface area contributed by atoms with Crippen LogP contribution in [0.1, 0.15) is 15.2 Å². The van der Waals surface area contributed by atoms with Crippen molar-refractivity contribution in [3.05, 3.63) is 21.9 Å². The van der Waals surface area contributed by atoms with Gasteiger partial charge in [-0.15, -0.1) is 11.3 Å². The van der Waals surface area contributed by atoms with E-state index in [9.17, 15) is 26.7 Å². The molecule has 0 bridgehead atoms. The molecule has 0 saturated carbocycles. The lowest BCUT2D eigenvalue weighted by atomic mass is 9.98. The molecule has 1 rings (SSSR count). The third-order valence-corrected chi connectivity index (χ3v) is 3.03. The molecule has 3 nitrogen and oxygen atoms in total. The first-order valence-electron chi connectivity index (χ1n) is 4.01. The van der Waals surface area contributed by atoms with Gasteiger partial charge in [-0.05, 0) is 11.4 Å². The summed E-state index contributed by atoms with van der Waals surface area (Å²) < 4.78 is 62.2. The third-order valence-electron chi connectivity index (χ3n) is 1.99. The van der Waals surface area contributed by atoms with E-state index in [4.69, 9.17) is 10.2 Å². The van der Waals surface area contributed by atoms with E-state index in [1.165, 1.54) is 0 Å². The van der Waals surface area contributed by atoms with E-state index >= 15 is 0 Å². The van der Waals surface area contributed by atoms with E-state index in [1.54, 1.807) is 0 Å². The molecule has 0 aliphatic rings. The van der Waals surface area contributed by atoms with Gasteiger partial charge in [0.25, 0.3) is 12.0 Å². The summed E-state index contributed by atoms with van der Waals surface area (Å²) in [5.41, 5.74) is -5.45. The van der Waals surface area contributed by atoms with Crippen molar-refractivity contribution >= 4 is 17.3 Å². The maximum Gasteiger partial charge on any atom is 0.428 e. The van der Waals surface area contributed by atoms with Crippen molar-refractivity contribution in [1.29, 1.82) is 0 Å². The molecule has 9 heteroatoms. The van der Waals surface area contributed by atoms with Crippen molar-refractivity contribution < 1.29 is 37.0 Å². The predicted molar refractivity (Wildman–Crippen MR) is 47.2 cm³/mol. The standard InChI is InChI=1S/C8H5F5O3S/c9-6(10)7(16,8(11,12)13)4-3(5(14)15)1-2-17-4/h1-2,6,16H,(H,14,15). The minimum Gasteiger partial charge on any atom is -0.478 e. The van der Waals surface area contributed by atoms with Gasteiger partial charge in [0.15, 0.2) is 0 Å². The molecule has 0 aromatic carbocycles. The number of carboxylic acid groups (broad SMARTS) is 1. The number of halogens is 5. The Bertz CT molecular complexity index is 427. The van der Waals surface area contributed by atoms with Crippen LogP contribution in [0.2, 0.25) is 0 Å². The van der Waals surface area contributed by atoms with Gasteiger partial charge in [-0.25, -0.2) is 13.6 Å². The molecule has 0 aliphatic carbocycles. The lowest BCUT2D eigenvalue weighted by Gasteiger charge is -2.29. The van der Waals surface area contributed by atoms with E-state index in [0.717, 1.165) is 11.4 Å². The molecular formula is C8H5F5O3S. The predicted octanol–water partition coefficient (Wildman–Crippen LogP) is 2.46. The summed E-state index contributed by atoms with van der Waals surface area (Å²) in [7, 11) is 0. The summed E-state index contributed by atoms with van der Waals surface area (Å²) in [4.78, 5) is 9.24. The highest BCUT2D eigenvalue weighted by molar-refractivity contribution is 7.10. The van der Waals surface area contributed by atoms with E-state index in [0.29, 0.717) is 0 Å². The first-order chi connectivity index (χ1) is 7.62. The molecule has 0 saturated heterocycles. The van der Waals surface area contributed by atoms with E-state index in [-0.39, 0.29) is 11.3 Å². The fourth-order valence-corrected chi connectivity index (χ4v) is 2.13. The fourth-order valence-electron chi connectivity index (χ4n) is 1.12. The molecule has 0 fully saturated rings. The second-order valence-electron chi connectivity index (χ2n) is 3.03. The number of carbonyl (C=O) groups is 1. The maximum atomic E-state index is 12.4. The number of alkyl halides is 5. The van der Waals surface area contributed by atoms with Crippen molar-refractivity contribution in [2.24, 2.45) is 0 Å². The summed E-state index contributed by atoms with van der Waals surface area (Å²) in [6, 6.07) is 0.724. The Morgan fingerprint density at radius 1 is 1.35 bits per heavy atom. The van der Waals surface area contributed by atoms with Crippen molar-refractivity contribution in [2.75, 3.05) is 0 Å². The number of carboxylic acids is 1. The van der Waals surface area contributed by atoms with Gasteiger partial charge < -0.3 is 10.2 Å². The highest BCUT2D eigenvalue weighted by atomic mass is 32.1. The Hall–Kier alpha value is -1.22. The van der Waals surface area contributed by atoms with Crippen LogP contribution in [0.4, 0.5) is 22.0 Å². The second-order valence-corrected chi connectivity index (χ2v) is 3.95. The first kappa shape index (κ1) is 13.8. The average molecular weight is 276 g/mol. The Morgan fingerprint density at radius 3 is 2.24 bits per heavy atom. The summed E-state index contributed by atoms with van der Waals surface area (Å²) in [6.07, 6.45) is -9.85. The van der Waals surface area contributed by atoms with Crippen molar-refractivity contribution in [3.8, 4) is 0 Å². The number of aliphatic hydroxyl groups is 1. The zero-order valence-corrected chi connectivity index (χ0v) is 8.65. The summed E-state index contributed by atoms with van der Waals surface area (Å²) >= 11 is 0.109. The molecule has 96 valence electrons. The Morgan fingerprint density at radius 2 is 1.88 bits per heavy atom. The van der Waals surface area contributed by atoms with Gasteiger partial charge in [0, 0.05) is 0 Å². The van der Waals surface area contributed by atoms with Crippen LogP contribution in [-0.4, -0.2) is 28.8 Å². The minimum absolute atomic E-state index is 0.109. The van der Waals surface area contributed by atoms with Crippen molar-refractivity contribution in [3.63, 3.8) is 0 Å². The number of thiophene rings is 1. The summed E-state index contributed by atoms with van der Waals surface area (Å²) in [5.74, 6) is -1.82. The van der Waals surface area contributed by atoms with Crippen LogP contribution in [0.3, 0.4) is 0 Å². The van der Waals surface area contributed by atoms with Crippen LogP contribution in [-0.2, 0) is 5.60 Å². The zero-order chi connectivity index (χ0) is 13.4. The summed E-state index contributed by atoms with van der Waals surface area (Å²) in [5, 5.41) is 18.5. The second kappa shape index (κ2) is 4.22. The van der Waals surface area contributed by atoms with Gasteiger partial charge in [-0.1, -0.05) is 0 Å². The Kier molecular flexibility index (Phi) is 3.44. The molecule has 0 radical (unpaired) electrons. The van der Waals surface area contributed by atoms with Crippen LogP contribution in [0, 0.1) is 0 Å². The lowest BCUT2D eigenvalue weighted by Crippen LogP contribution is -2.48. The Labute approximate surface area is 95.1 Å². The molecule has 0 amide bonds. The van der Waals surface area contributed by atoms with Gasteiger partial charge >= 0.3 is 12.1 Å². The van der Waals surface area contributed by atoms with Crippen molar-refractivity contribution in [2.45, 2.75) is 18.2 Å². The average Bonchev–Trinajstić information content (AvgIpc) is 2.62. The molecule has 1 unspecified atom stereocenters. The SMILES string of the molecule is O=C(O)c1ccsc1C(O)(C(F)F)C(F)(F)F. The number of aromatic carboxylic acids is 1. The highest BCUT2D eigenvalue weighted by Crippen LogP contribution is 2.46. The molecule has 1 aromatic heterocycles. The molecule has 1 aromatic rings. The first-order valence-corrected chi connectivity index (χ1v) is 4.88. The fraction of sp³-hybridized carbons (Fsp3) is 0.375.